The summed E-state index contributed by atoms with van der Waals surface area (Å²) in [6.45, 7) is 7.01. The standard InChI is InChI=1S/C18H24F3N5O/c1-5-22-17(24-11-15-12(2)25-26(4)13(15)3)23-10-14-8-6-7-9-16(14)27-18(19,20)21/h6-9H,5,10-11H2,1-4H3,(H2,22,23,24). The summed E-state index contributed by atoms with van der Waals surface area (Å²) < 4.78 is 43.5. The van der Waals surface area contributed by atoms with Gasteiger partial charge < -0.3 is 15.4 Å². The number of rotatable bonds is 6. The summed E-state index contributed by atoms with van der Waals surface area (Å²) in [5.41, 5.74) is 3.37. The summed E-state index contributed by atoms with van der Waals surface area (Å²) in [5, 5.41) is 10.6. The van der Waals surface area contributed by atoms with Crippen molar-refractivity contribution in [1.29, 1.82) is 0 Å². The van der Waals surface area contributed by atoms with Gasteiger partial charge in [0.25, 0.3) is 0 Å². The van der Waals surface area contributed by atoms with Gasteiger partial charge in [0.1, 0.15) is 5.75 Å². The van der Waals surface area contributed by atoms with Crippen LogP contribution in [-0.4, -0.2) is 28.6 Å². The Morgan fingerprint density at radius 2 is 1.93 bits per heavy atom. The first-order valence-corrected chi connectivity index (χ1v) is 8.56. The molecule has 0 saturated carbocycles. The second-order valence-electron chi connectivity index (χ2n) is 5.98. The Kier molecular flexibility index (Phi) is 6.70. The van der Waals surface area contributed by atoms with Crippen molar-refractivity contribution >= 4 is 5.96 Å². The van der Waals surface area contributed by atoms with Gasteiger partial charge in [0, 0.05) is 37.0 Å². The van der Waals surface area contributed by atoms with E-state index < -0.39 is 6.36 Å². The minimum atomic E-state index is -4.74. The fraction of sp³-hybridized carbons (Fsp3) is 0.444. The number of hydrogen-bond donors (Lipinski definition) is 2. The molecule has 0 amide bonds. The summed E-state index contributed by atoms with van der Waals surface area (Å²) in [5.74, 6) is 0.255. The number of guanidine groups is 1. The van der Waals surface area contributed by atoms with Gasteiger partial charge in [-0.25, -0.2) is 4.99 Å². The van der Waals surface area contributed by atoms with Crippen LogP contribution in [0.5, 0.6) is 5.75 Å². The molecule has 0 aliphatic rings. The van der Waals surface area contributed by atoms with E-state index in [0.29, 0.717) is 24.6 Å². The summed E-state index contributed by atoms with van der Waals surface area (Å²) in [6.07, 6.45) is -4.74. The lowest BCUT2D eigenvalue weighted by Gasteiger charge is -2.14. The summed E-state index contributed by atoms with van der Waals surface area (Å²) in [4.78, 5) is 4.38. The van der Waals surface area contributed by atoms with Crippen LogP contribution in [0.1, 0.15) is 29.4 Å². The van der Waals surface area contributed by atoms with Crippen LogP contribution in [0.15, 0.2) is 29.3 Å². The van der Waals surface area contributed by atoms with Gasteiger partial charge in [-0.2, -0.15) is 5.10 Å². The molecular formula is C18H24F3N5O. The van der Waals surface area contributed by atoms with Crippen LogP contribution in [0.2, 0.25) is 0 Å². The number of aryl methyl sites for hydroxylation is 2. The van der Waals surface area contributed by atoms with E-state index in [1.54, 1.807) is 16.8 Å². The van der Waals surface area contributed by atoms with E-state index in [1.165, 1.54) is 12.1 Å². The fourth-order valence-corrected chi connectivity index (χ4v) is 2.61. The number of hydrogen-bond acceptors (Lipinski definition) is 3. The number of ether oxygens (including phenoxy) is 1. The third kappa shape index (κ3) is 5.90. The molecule has 0 unspecified atom stereocenters. The number of alkyl halides is 3. The van der Waals surface area contributed by atoms with E-state index in [4.69, 9.17) is 0 Å². The van der Waals surface area contributed by atoms with Gasteiger partial charge in [-0.3, -0.25) is 4.68 Å². The van der Waals surface area contributed by atoms with Crippen LogP contribution in [0.4, 0.5) is 13.2 Å². The number of nitrogens with zero attached hydrogens (tertiary/aromatic N) is 3. The predicted octanol–water partition coefficient (Wildman–Crippen LogP) is 3.19. The predicted molar refractivity (Wildman–Crippen MR) is 97.5 cm³/mol. The molecule has 0 atom stereocenters. The Hall–Kier alpha value is -2.71. The fourth-order valence-electron chi connectivity index (χ4n) is 2.61. The van der Waals surface area contributed by atoms with Crippen molar-refractivity contribution in [3.63, 3.8) is 0 Å². The summed E-state index contributed by atoms with van der Waals surface area (Å²) in [6, 6.07) is 5.98. The number of benzene rings is 1. The molecule has 0 fully saturated rings. The molecule has 6 nitrogen and oxygen atoms in total. The molecule has 1 aromatic carbocycles. The molecule has 148 valence electrons. The monoisotopic (exact) mass is 383 g/mol. The highest BCUT2D eigenvalue weighted by molar-refractivity contribution is 5.79. The Balaban J connectivity index is 2.12. The van der Waals surface area contributed by atoms with Gasteiger partial charge in [-0.1, -0.05) is 18.2 Å². The molecule has 9 heteroatoms. The average molecular weight is 383 g/mol. The molecule has 2 rings (SSSR count). The lowest BCUT2D eigenvalue weighted by molar-refractivity contribution is -0.274. The van der Waals surface area contributed by atoms with Crippen LogP contribution in [0, 0.1) is 13.8 Å². The molecule has 1 aromatic heterocycles. The smallest absolute Gasteiger partial charge is 0.405 e. The number of halogens is 3. The van der Waals surface area contributed by atoms with Crippen molar-refractivity contribution in [2.24, 2.45) is 12.0 Å². The maximum Gasteiger partial charge on any atom is 0.573 e. The number of aliphatic imine (C=N–C) groups is 1. The molecule has 0 spiro atoms. The van der Waals surface area contributed by atoms with Crippen LogP contribution >= 0.6 is 0 Å². The minimum absolute atomic E-state index is 0.0482. The van der Waals surface area contributed by atoms with Crippen molar-refractivity contribution < 1.29 is 17.9 Å². The van der Waals surface area contributed by atoms with Gasteiger partial charge in [0.15, 0.2) is 5.96 Å². The maximum atomic E-state index is 12.5. The van der Waals surface area contributed by atoms with Crippen molar-refractivity contribution in [2.45, 2.75) is 40.2 Å². The maximum absolute atomic E-state index is 12.5. The van der Waals surface area contributed by atoms with Crippen LogP contribution in [0.3, 0.4) is 0 Å². The van der Waals surface area contributed by atoms with Gasteiger partial charge in [0.2, 0.25) is 0 Å². The molecule has 0 bridgehead atoms. The molecule has 0 radical (unpaired) electrons. The highest BCUT2D eigenvalue weighted by atomic mass is 19.4. The molecule has 2 N–H and O–H groups in total. The largest absolute Gasteiger partial charge is 0.573 e. The minimum Gasteiger partial charge on any atom is -0.405 e. The van der Waals surface area contributed by atoms with E-state index >= 15 is 0 Å². The first kappa shape index (κ1) is 20.6. The topological polar surface area (TPSA) is 63.5 Å². The summed E-state index contributed by atoms with van der Waals surface area (Å²) >= 11 is 0. The van der Waals surface area contributed by atoms with E-state index in [-0.39, 0.29) is 12.3 Å². The van der Waals surface area contributed by atoms with E-state index in [2.05, 4.69) is 25.5 Å². The average Bonchev–Trinajstić information content (AvgIpc) is 2.82. The molecule has 1 heterocycles. The molecular weight excluding hydrogens is 359 g/mol. The zero-order valence-electron chi connectivity index (χ0n) is 15.8. The van der Waals surface area contributed by atoms with E-state index in [0.717, 1.165) is 17.0 Å². The van der Waals surface area contributed by atoms with Crippen molar-refractivity contribution in [3.05, 3.63) is 46.8 Å². The SMILES string of the molecule is CCNC(=NCc1ccccc1OC(F)(F)F)NCc1c(C)nn(C)c1C. The third-order valence-electron chi connectivity index (χ3n) is 4.04. The van der Waals surface area contributed by atoms with Crippen molar-refractivity contribution in [3.8, 4) is 5.75 Å². The quantitative estimate of drug-likeness (QED) is 0.594. The Morgan fingerprint density at radius 3 is 2.52 bits per heavy atom. The molecule has 0 aliphatic heterocycles. The first-order valence-electron chi connectivity index (χ1n) is 8.56. The van der Waals surface area contributed by atoms with Gasteiger partial charge in [0.05, 0.1) is 12.2 Å². The summed E-state index contributed by atoms with van der Waals surface area (Å²) in [7, 11) is 1.88. The van der Waals surface area contributed by atoms with E-state index in [9.17, 15) is 13.2 Å². The molecule has 0 aliphatic carbocycles. The second-order valence-corrected chi connectivity index (χ2v) is 5.98. The van der Waals surface area contributed by atoms with Gasteiger partial charge >= 0.3 is 6.36 Å². The third-order valence-corrected chi connectivity index (χ3v) is 4.04. The van der Waals surface area contributed by atoms with Crippen molar-refractivity contribution in [1.82, 2.24) is 20.4 Å². The van der Waals surface area contributed by atoms with Crippen LogP contribution < -0.4 is 15.4 Å². The zero-order valence-corrected chi connectivity index (χ0v) is 15.8. The van der Waals surface area contributed by atoms with Crippen LogP contribution in [0.25, 0.3) is 0 Å². The molecule has 0 saturated heterocycles. The second kappa shape index (κ2) is 8.79. The number of para-hydroxylation sites is 1. The van der Waals surface area contributed by atoms with Crippen LogP contribution in [-0.2, 0) is 20.1 Å². The lowest BCUT2D eigenvalue weighted by Crippen LogP contribution is -2.37. The molecule has 2 aromatic rings. The molecule has 27 heavy (non-hydrogen) atoms. The van der Waals surface area contributed by atoms with Gasteiger partial charge in [-0.05, 0) is 26.8 Å². The Bertz CT molecular complexity index is 799. The van der Waals surface area contributed by atoms with Crippen molar-refractivity contribution in [2.75, 3.05) is 6.54 Å². The van der Waals surface area contributed by atoms with Gasteiger partial charge in [-0.15, -0.1) is 13.2 Å². The first-order chi connectivity index (χ1) is 12.7. The zero-order chi connectivity index (χ0) is 20.0. The number of nitrogens with one attached hydrogen (secondary N) is 2. The Labute approximate surface area is 156 Å². The Morgan fingerprint density at radius 1 is 1.22 bits per heavy atom. The highest BCUT2D eigenvalue weighted by Crippen LogP contribution is 2.26. The normalized spacial score (nSPS) is 12.2. The lowest BCUT2D eigenvalue weighted by atomic mass is 10.2. The highest BCUT2D eigenvalue weighted by Gasteiger charge is 2.31. The number of aromatic nitrogens is 2. The van der Waals surface area contributed by atoms with E-state index in [1.807, 2.05) is 27.8 Å².